The van der Waals surface area contributed by atoms with E-state index in [0.29, 0.717) is 12.1 Å². The molecule has 2 unspecified atom stereocenters. The van der Waals surface area contributed by atoms with Gasteiger partial charge in [0.2, 0.25) is 5.91 Å². The van der Waals surface area contributed by atoms with Crippen molar-refractivity contribution in [1.29, 1.82) is 0 Å². The van der Waals surface area contributed by atoms with Crippen molar-refractivity contribution in [2.24, 2.45) is 23.3 Å². The molecule has 0 aliphatic carbocycles. The number of para-hydroxylation sites is 1. The van der Waals surface area contributed by atoms with E-state index in [9.17, 15) is 14.4 Å². The average molecular weight is 647 g/mol. The highest BCUT2D eigenvalue weighted by atomic mass is 79.9. The lowest BCUT2D eigenvalue weighted by Gasteiger charge is -2.33. The van der Waals surface area contributed by atoms with Crippen molar-refractivity contribution in [3.8, 4) is 0 Å². The molecule has 0 aromatic heterocycles. The number of halogens is 2. The molecule has 198 valence electrons. The van der Waals surface area contributed by atoms with Crippen LogP contribution >= 0.6 is 45.7 Å². The molecule has 1 heterocycles. The maximum atomic E-state index is 13.9. The van der Waals surface area contributed by atoms with Gasteiger partial charge in [-0.15, -0.1) is 45.7 Å². The summed E-state index contributed by atoms with van der Waals surface area (Å²) in [7, 11) is 0. The Morgan fingerprint density at radius 3 is 2.25 bits per heavy atom. The number of ether oxygens (including phenoxy) is 2. The largest absolute Gasteiger partial charge is 0.466 e. The van der Waals surface area contributed by atoms with Gasteiger partial charge in [-0.25, -0.2) is 0 Å². The molecule has 0 radical (unpaired) electrons. The van der Waals surface area contributed by atoms with E-state index >= 15 is 0 Å². The Balaban J connectivity index is 0.00000324. The van der Waals surface area contributed by atoms with Crippen LogP contribution in [0, 0.1) is 11.8 Å². The highest BCUT2D eigenvalue weighted by Crippen LogP contribution is 2.41. The van der Waals surface area contributed by atoms with Crippen LogP contribution in [-0.2, 0) is 30.3 Å². The predicted molar refractivity (Wildman–Crippen MR) is 152 cm³/mol. The second-order valence-electron chi connectivity index (χ2n) is 7.94. The predicted octanol–water partition coefficient (Wildman–Crippen LogP) is 3.49. The van der Waals surface area contributed by atoms with Gasteiger partial charge < -0.3 is 20.9 Å². The van der Waals surface area contributed by atoms with E-state index in [-0.39, 0.29) is 53.7 Å². The normalized spacial score (nSPS) is 18.4. The maximum Gasteiger partial charge on any atom is 0.326 e. The zero-order valence-corrected chi connectivity index (χ0v) is 24.4. The van der Waals surface area contributed by atoms with Crippen LogP contribution in [0.25, 0.3) is 0 Å². The third kappa shape index (κ3) is 7.79. The third-order valence-corrected chi connectivity index (χ3v) is 6.80. The van der Waals surface area contributed by atoms with Crippen molar-refractivity contribution < 1.29 is 23.9 Å². The van der Waals surface area contributed by atoms with Crippen LogP contribution in [0.4, 0.5) is 5.69 Å². The number of thioether (sulfide) groups is 1. The van der Waals surface area contributed by atoms with Crippen molar-refractivity contribution in [2.45, 2.75) is 36.6 Å². The Morgan fingerprint density at radius 1 is 1.00 bits per heavy atom. The molecule has 0 saturated heterocycles. The topological polar surface area (TPSA) is 125 Å². The summed E-state index contributed by atoms with van der Waals surface area (Å²) >= 11 is 1.28. The van der Waals surface area contributed by atoms with Gasteiger partial charge in [0.15, 0.2) is 0 Å². The Labute approximate surface area is 237 Å². The number of amides is 1. The van der Waals surface area contributed by atoms with Crippen molar-refractivity contribution in [3.63, 3.8) is 0 Å². The molecule has 8 nitrogen and oxygen atoms in total. The molecule has 4 atom stereocenters. The SMILES string of the molecule is Br.Br.CCOC(=O)CN1C(=O)[C@@H](C(C(=O)OCC)[C@@H](N)Cc2ccccc2)C(N)Sc2ccccc21. The molecule has 0 bridgehead atoms. The molecule has 36 heavy (non-hydrogen) atoms. The standard InChI is InChI=1S/C25H31N3O5S.2BrH/c1-3-32-20(29)15-28-18-12-8-9-13-19(18)34-23(27)22(24(28)30)21(25(31)33-4-2)17(26)14-16-10-6-5-7-11-16;;/h5-13,17,21-23H,3-4,14-15,26-27H2,1-2H3;2*1H/t17-,21?,22-,23?;;/m0../s1. The van der Waals surface area contributed by atoms with E-state index < -0.39 is 41.1 Å². The smallest absolute Gasteiger partial charge is 0.326 e. The molecule has 11 heteroatoms. The van der Waals surface area contributed by atoms with Gasteiger partial charge >= 0.3 is 11.9 Å². The number of hydrogen-bond donors (Lipinski definition) is 2. The molecule has 1 aliphatic rings. The van der Waals surface area contributed by atoms with E-state index in [1.165, 1.54) is 16.7 Å². The Kier molecular flexibility index (Phi) is 13.7. The minimum absolute atomic E-state index is 0. The molecule has 0 spiro atoms. The Morgan fingerprint density at radius 2 is 1.61 bits per heavy atom. The van der Waals surface area contributed by atoms with E-state index in [1.54, 1.807) is 26.0 Å². The molecule has 2 aromatic rings. The first-order chi connectivity index (χ1) is 16.4. The van der Waals surface area contributed by atoms with Crippen LogP contribution < -0.4 is 16.4 Å². The van der Waals surface area contributed by atoms with E-state index in [2.05, 4.69) is 0 Å². The van der Waals surface area contributed by atoms with Gasteiger partial charge in [0.1, 0.15) is 6.54 Å². The lowest BCUT2D eigenvalue weighted by Crippen LogP contribution is -2.54. The zero-order chi connectivity index (χ0) is 24.7. The summed E-state index contributed by atoms with van der Waals surface area (Å²) in [5, 5.41) is -0.780. The number of nitrogens with two attached hydrogens (primary N) is 2. The number of carbonyl (C=O) groups excluding carboxylic acids is 3. The minimum Gasteiger partial charge on any atom is -0.466 e. The van der Waals surface area contributed by atoms with Crippen molar-refractivity contribution in [2.75, 3.05) is 24.7 Å². The number of benzene rings is 2. The van der Waals surface area contributed by atoms with E-state index in [4.69, 9.17) is 20.9 Å². The summed E-state index contributed by atoms with van der Waals surface area (Å²) < 4.78 is 10.4. The number of nitrogens with zero attached hydrogens (tertiary/aromatic N) is 1. The quantitative estimate of drug-likeness (QED) is 0.397. The van der Waals surface area contributed by atoms with E-state index in [0.717, 1.165) is 10.5 Å². The van der Waals surface area contributed by atoms with Gasteiger partial charge in [0.05, 0.1) is 36.1 Å². The zero-order valence-electron chi connectivity index (χ0n) is 20.2. The van der Waals surface area contributed by atoms with Crippen molar-refractivity contribution in [1.82, 2.24) is 0 Å². The van der Waals surface area contributed by atoms with Crippen LogP contribution in [0.15, 0.2) is 59.5 Å². The lowest BCUT2D eigenvalue weighted by atomic mass is 9.82. The summed E-state index contributed by atoms with van der Waals surface area (Å²) in [4.78, 5) is 41.5. The molecule has 1 aliphatic heterocycles. The second-order valence-corrected chi connectivity index (χ2v) is 9.16. The fourth-order valence-corrected chi connectivity index (χ4v) is 5.32. The second kappa shape index (κ2) is 15.4. The Hall–Kier alpha value is -1.92. The highest BCUT2D eigenvalue weighted by Gasteiger charge is 2.47. The monoisotopic (exact) mass is 645 g/mol. The number of rotatable bonds is 9. The first-order valence-corrected chi connectivity index (χ1v) is 12.2. The summed E-state index contributed by atoms with van der Waals surface area (Å²) in [6.07, 6.45) is 0.357. The van der Waals surface area contributed by atoms with Crippen molar-refractivity contribution >= 4 is 69.3 Å². The van der Waals surface area contributed by atoms with Crippen LogP contribution in [0.1, 0.15) is 19.4 Å². The first kappa shape index (κ1) is 32.1. The number of anilines is 1. The molecule has 4 N–H and O–H groups in total. The van der Waals surface area contributed by atoms with Crippen LogP contribution in [0.5, 0.6) is 0 Å². The molecule has 1 amide bonds. The van der Waals surface area contributed by atoms with Crippen molar-refractivity contribution in [3.05, 3.63) is 60.2 Å². The van der Waals surface area contributed by atoms with Gasteiger partial charge in [0, 0.05) is 10.9 Å². The summed E-state index contributed by atoms with van der Waals surface area (Å²) in [5.74, 6) is -3.60. The number of fused-ring (bicyclic) bond motifs is 1. The van der Waals surface area contributed by atoms with Gasteiger partial charge in [-0.1, -0.05) is 42.5 Å². The molecule has 3 rings (SSSR count). The van der Waals surface area contributed by atoms with Crippen LogP contribution in [-0.4, -0.2) is 49.0 Å². The molecule has 2 aromatic carbocycles. The molecular formula is C25H33Br2N3O5S. The highest BCUT2D eigenvalue weighted by molar-refractivity contribution is 8.93. The molecule has 0 saturated carbocycles. The molecule has 0 fully saturated rings. The number of hydrogen-bond acceptors (Lipinski definition) is 8. The fraction of sp³-hybridized carbons (Fsp3) is 0.400. The number of carbonyl (C=O) groups is 3. The van der Waals surface area contributed by atoms with E-state index in [1.807, 2.05) is 42.5 Å². The van der Waals surface area contributed by atoms with Gasteiger partial charge in [-0.05, 0) is 38.0 Å². The number of esters is 2. The Bertz CT molecular complexity index is 1010. The fourth-order valence-electron chi connectivity index (χ4n) is 4.14. The molecular weight excluding hydrogens is 614 g/mol. The summed E-state index contributed by atoms with van der Waals surface area (Å²) in [5.41, 5.74) is 14.6. The van der Waals surface area contributed by atoms with Crippen LogP contribution in [0.3, 0.4) is 0 Å². The average Bonchev–Trinajstić information content (AvgIpc) is 2.90. The third-order valence-electron chi connectivity index (χ3n) is 5.64. The first-order valence-electron chi connectivity index (χ1n) is 11.3. The minimum atomic E-state index is -1.01. The van der Waals surface area contributed by atoms with Crippen LogP contribution in [0.2, 0.25) is 0 Å². The van der Waals surface area contributed by atoms with Gasteiger partial charge in [0.25, 0.3) is 0 Å². The maximum absolute atomic E-state index is 13.9. The summed E-state index contributed by atoms with van der Waals surface area (Å²) in [6, 6.07) is 15.9. The van der Waals surface area contributed by atoms with Gasteiger partial charge in [-0.2, -0.15) is 0 Å². The summed E-state index contributed by atoms with van der Waals surface area (Å²) in [6.45, 7) is 3.43. The lowest BCUT2D eigenvalue weighted by molar-refractivity contribution is -0.153. The van der Waals surface area contributed by atoms with Gasteiger partial charge in [-0.3, -0.25) is 19.3 Å².